The number of aromatic nitrogens is 2. The van der Waals surface area contributed by atoms with Crippen molar-refractivity contribution < 1.29 is 14.3 Å². The van der Waals surface area contributed by atoms with Crippen LogP contribution in [-0.2, 0) is 9.53 Å². The Kier molecular flexibility index (Phi) is 5.75. The Balaban J connectivity index is 1.46. The minimum absolute atomic E-state index is 0.322. The second-order valence-corrected chi connectivity index (χ2v) is 7.95. The van der Waals surface area contributed by atoms with Gasteiger partial charge in [-0.2, -0.15) is 5.10 Å². The van der Waals surface area contributed by atoms with E-state index < -0.39 is 12.1 Å². The predicted octanol–water partition coefficient (Wildman–Crippen LogP) is 4.00. The normalized spacial score (nSPS) is 14.0. The first-order chi connectivity index (χ1) is 14.9. The Labute approximate surface area is 181 Å². The molecule has 1 saturated carbocycles. The highest BCUT2D eigenvalue weighted by atomic mass is 16.5. The first-order valence-corrected chi connectivity index (χ1v) is 10.4. The van der Waals surface area contributed by atoms with Gasteiger partial charge in [-0.05, 0) is 62.2 Å². The van der Waals surface area contributed by atoms with Crippen LogP contribution in [0.2, 0.25) is 0 Å². The minimum Gasteiger partial charge on any atom is -0.448 e. The van der Waals surface area contributed by atoms with E-state index in [1.807, 2.05) is 73.6 Å². The zero-order valence-corrected chi connectivity index (χ0v) is 17.9. The van der Waals surface area contributed by atoms with Gasteiger partial charge in [0, 0.05) is 31.4 Å². The van der Waals surface area contributed by atoms with Crippen molar-refractivity contribution in [3.05, 3.63) is 72.1 Å². The van der Waals surface area contributed by atoms with Gasteiger partial charge in [-0.25, -0.2) is 9.48 Å². The maximum atomic E-state index is 12.9. The number of para-hydroxylation sites is 1. The maximum absolute atomic E-state index is 12.9. The Morgan fingerprint density at radius 3 is 2.39 bits per heavy atom. The molecule has 2 aromatic carbocycles. The summed E-state index contributed by atoms with van der Waals surface area (Å²) in [6, 6.07) is 18.7. The van der Waals surface area contributed by atoms with Crippen LogP contribution < -0.4 is 10.2 Å². The number of nitrogens with zero attached hydrogens (tertiary/aromatic N) is 3. The molecule has 1 aliphatic carbocycles. The Hall–Kier alpha value is -3.61. The number of carbonyl (C=O) groups excluding carboxylic acids is 2. The Bertz CT molecular complexity index is 1070. The summed E-state index contributed by atoms with van der Waals surface area (Å²) in [4.78, 5) is 27.4. The summed E-state index contributed by atoms with van der Waals surface area (Å²) in [6.07, 6.45) is 1.20. The molecule has 0 radical (unpaired) electrons. The highest BCUT2D eigenvalue weighted by Gasteiger charge is 2.30. The van der Waals surface area contributed by atoms with E-state index in [1.54, 1.807) is 17.7 Å². The number of rotatable bonds is 7. The van der Waals surface area contributed by atoms with Gasteiger partial charge in [-0.15, -0.1) is 0 Å². The molecule has 1 aromatic heterocycles. The van der Waals surface area contributed by atoms with Gasteiger partial charge in [0.25, 0.3) is 5.91 Å². The van der Waals surface area contributed by atoms with Crippen LogP contribution in [0.25, 0.3) is 5.69 Å². The van der Waals surface area contributed by atoms with Crippen LogP contribution in [0.5, 0.6) is 0 Å². The molecule has 1 heterocycles. The number of benzene rings is 2. The second-order valence-electron chi connectivity index (χ2n) is 7.95. The van der Waals surface area contributed by atoms with Crippen molar-refractivity contribution in [1.29, 1.82) is 0 Å². The average molecular weight is 418 g/mol. The molecule has 160 valence electrons. The first-order valence-electron chi connectivity index (χ1n) is 10.4. The monoisotopic (exact) mass is 418 g/mol. The number of hydrogen-bond acceptors (Lipinski definition) is 5. The van der Waals surface area contributed by atoms with Crippen LogP contribution >= 0.6 is 0 Å². The van der Waals surface area contributed by atoms with Gasteiger partial charge < -0.3 is 15.0 Å². The lowest BCUT2D eigenvalue weighted by molar-refractivity contribution is -0.123. The van der Waals surface area contributed by atoms with Crippen molar-refractivity contribution in [3.8, 4) is 5.69 Å². The zero-order valence-electron chi connectivity index (χ0n) is 17.9. The lowest BCUT2D eigenvalue weighted by Crippen LogP contribution is -2.30. The van der Waals surface area contributed by atoms with E-state index in [4.69, 9.17) is 4.74 Å². The summed E-state index contributed by atoms with van der Waals surface area (Å²) >= 11 is 0. The molecule has 0 unspecified atom stereocenters. The molecule has 1 atom stereocenters. The quantitative estimate of drug-likeness (QED) is 0.587. The third kappa shape index (κ3) is 4.77. The fraction of sp³-hybridized carbons (Fsp3) is 0.292. The SMILES string of the molecule is C[C@@H](OC(=O)c1cc(C2CC2)nn1-c1ccccc1)C(=O)Nc1ccc(N(C)C)cc1. The average Bonchev–Trinajstić information content (AvgIpc) is 3.52. The van der Waals surface area contributed by atoms with E-state index in [9.17, 15) is 9.59 Å². The number of hydrogen-bond donors (Lipinski definition) is 1. The first kappa shape index (κ1) is 20.7. The number of anilines is 2. The summed E-state index contributed by atoms with van der Waals surface area (Å²) in [5, 5.41) is 7.40. The van der Waals surface area contributed by atoms with Gasteiger partial charge in [0.05, 0.1) is 11.4 Å². The van der Waals surface area contributed by atoms with Crippen LogP contribution in [0.4, 0.5) is 11.4 Å². The fourth-order valence-electron chi connectivity index (χ4n) is 3.25. The van der Waals surface area contributed by atoms with Crippen LogP contribution in [0.15, 0.2) is 60.7 Å². The molecule has 0 bridgehead atoms. The Morgan fingerprint density at radius 1 is 1.10 bits per heavy atom. The van der Waals surface area contributed by atoms with E-state index in [0.717, 1.165) is 29.9 Å². The highest BCUT2D eigenvalue weighted by molar-refractivity contribution is 5.97. The topological polar surface area (TPSA) is 76.5 Å². The number of nitrogens with one attached hydrogen (secondary N) is 1. The van der Waals surface area contributed by atoms with E-state index in [0.29, 0.717) is 17.3 Å². The molecule has 31 heavy (non-hydrogen) atoms. The Morgan fingerprint density at radius 2 is 1.77 bits per heavy atom. The third-order valence-electron chi connectivity index (χ3n) is 5.24. The lowest BCUT2D eigenvalue weighted by Gasteiger charge is -2.15. The highest BCUT2D eigenvalue weighted by Crippen LogP contribution is 2.39. The van der Waals surface area contributed by atoms with Crippen LogP contribution in [0.1, 0.15) is 41.9 Å². The molecule has 7 heteroatoms. The van der Waals surface area contributed by atoms with E-state index in [-0.39, 0.29) is 5.91 Å². The van der Waals surface area contributed by atoms with Crippen molar-refractivity contribution in [2.24, 2.45) is 0 Å². The van der Waals surface area contributed by atoms with Crippen molar-refractivity contribution in [2.75, 3.05) is 24.3 Å². The molecule has 1 fully saturated rings. The summed E-state index contributed by atoms with van der Waals surface area (Å²) in [5.74, 6) is -0.574. The van der Waals surface area contributed by atoms with Gasteiger partial charge >= 0.3 is 5.97 Å². The summed E-state index contributed by atoms with van der Waals surface area (Å²) in [6.45, 7) is 1.56. The molecular formula is C24H26N4O3. The van der Waals surface area contributed by atoms with Crippen LogP contribution in [-0.4, -0.2) is 41.9 Å². The fourth-order valence-corrected chi connectivity index (χ4v) is 3.25. The molecule has 1 aliphatic rings. The third-order valence-corrected chi connectivity index (χ3v) is 5.24. The van der Waals surface area contributed by atoms with Crippen molar-refractivity contribution in [2.45, 2.75) is 31.8 Å². The molecule has 4 rings (SSSR count). The van der Waals surface area contributed by atoms with E-state index in [2.05, 4.69) is 10.4 Å². The summed E-state index contributed by atoms with van der Waals surface area (Å²) in [7, 11) is 3.90. The van der Waals surface area contributed by atoms with E-state index in [1.165, 1.54) is 0 Å². The molecule has 0 saturated heterocycles. The van der Waals surface area contributed by atoms with Crippen molar-refractivity contribution in [3.63, 3.8) is 0 Å². The number of amides is 1. The second kappa shape index (κ2) is 8.63. The van der Waals surface area contributed by atoms with Gasteiger partial charge in [0.1, 0.15) is 0 Å². The minimum atomic E-state index is -0.954. The maximum Gasteiger partial charge on any atom is 0.357 e. The molecule has 3 aromatic rings. The van der Waals surface area contributed by atoms with Gasteiger partial charge in [0.2, 0.25) is 0 Å². The standard InChI is InChI=1S/C24H26N4O3/c1-16(23(29)25-18-11-13-19(14-12-18)27(2)3)31-24(30)22-15-21(17-9-10-17)26-28(22)20-7-5-4-6-8-20/h4-8,11-17H,9-10H2,1-3H3,(H,25,29)/t16-/m1/s1. The van der Waals surface area contributed by atoms with Crippen molar-refractivity contribution in [1.82, 2.24) is 9.78 Å². The number of ether oxygens (including phenoxy) is 1. The number of esters is 1. The van der Waals surface area contributed by atoms with Gasteiger partial charge in [0.15, 0.2) is 11.8 Å². The largest absolute Gasteiger partial charge is 0.448 e. The number of carbonyl (C=O) groups is 2. The molecular weight excluding hydrogens is 392 g/mol. The van der Waals surface area contributed by atoms with E-state index >= 15 is 0 Å². The molecule has 7 nitrogen and oxygen atoms in total. The van der Waals surface area contributed by atoms with Crippen LogP contribution in [0, 0.1) is 0 Å². The lowest BCUT2D eigenvalue weighted by atomic mass is 10.2. The molecule has 1 N–H and O–H groups in total. The smallest absolute Gasteiger partial charge is 0.357 e. The summed E-state index contributed by atoms with van der Waals surface area (Å²) in [5.41, 5.74) is 3.65. The predicted molar refractivity (Wildman–Crippen MR) is 120 cm³/mol. The molecule has 0 aliphatic heterocycles. The molecule has 0 spiro atoms. The summed E-state index contributed by atoms with van der Waals surface area (Å²) < 4.78 is 7.09. The van der Waals surface area contributed by atoms with Gasteiger partial charge in [-0.1, -0.05) is 18.2 Å². The zero-order chi connectivity index (χ0) is 22.0. The molecule has 1 amide bonds. The van der Waals surface area contributed by atoms with Crippen molar-refractivity contribution >= 4 is 23.3 Å². The van der Waals surface area contributed by atoms with Gasteiger partial charge in [-0.3, -0.25) is 4.79 Å². The van der Waals surface area contributed by atoms with Crippen LogP contribution in [0.3, 0.4) is 0 Å².